The topological polar surface area (TPSA) is 70.5 Å². The summed E-state index contributed by atoms with van der Waals surface area (Å²) in [7, 11) is -3.59. The molecule has 1 N–H and O–H groups in total. The number of nitrogens with zero attached hydrogens (tertiary/aromatic N) is 2. The minimum atomic E-state index is -3.59. The van der Waals surface area contributed by atoms with Crippen LogP contribution < -0.4 is 0 Å². The molecule has 112 valence electrons. The van der Waals surface area contributed by atoms with Crippen LogP contribution in [0.2, 0.25) is 0 Å². The maximum absolute atomic E-state index is 12.5. The molecular weight excluding hydrogens is 288 g/mol. The van der Waals surface area contributed by atoms with Crippen molar-refractivity contribution in [2.75, 3.05) is 13.1 Å². The van der Waals surface area contributed by atoms with Crippen LogP contribution in [-0.4, -0.2) is 35.9 Å². The summed E-state index contributed by atoms with van der Waals surface area (Å²) in [6, 6.07) is 9.48. The van der Waals surface area contributed by atoms with E-state index < -0.39 is 10.0 Å². The summed E-state index contributed by atoms with van der Waals surface area (Å²) in [5, 5.41) is 9.45. The average Bonchev–Trinajstić information content (AvgIpc) is 2.49. The van der Waals surface area contributed by atoms with Crippen molar-refractivity contribution in [3.05, 3.63) is 54.4 Å². The summed E-state index contributed by atoms with van der Waals surface area (Å²) in [5.74, 6) is -0.0544. The molecule has 1 heterocycles. The third-order valence-electron chi connectivity index (χ3n) is 3.21. The quantitative estimate of drug-likeness (QED) is 0.886. The van der Waals surface area contributed by atoms with Crippen LogP contribution >= 0.6 is 0 Å². The van der Waals surface area contributed by atoms with E-state index in [1.807, 2.05) is 12.1 Å². The van der Waals surface area contributed by atoms with E-state index in [9.17, 15) is 13.5 Å². The van der Waals surface area contributed by atoms with Crippen molar-refractivity contribution in [3.8, 4) is 5.75 Å². The van der Waals surface area contributed by atoms with E-state index in [4.69, 9.17) is 0 Å². The third-order valence-corrected chi connectivity index (χ3v) is 5.18. The first-order valence-electron chi connectivity index (χ1n) is 6.72. The predicted octanol–water partition coefficient (Wildman–Crippen LogP) is 2.04. The second-order valence-electron chi connectivity index (χ2n) is 4.60. The van der Waals surface area contributed by atoms with Crippen molar-refractivity contribution in [1.29, 1.82) is 0 Å². The minimum absolute atomic E-state index is 0.0544. The number of aromatic nitrogens is 1. The molecule has 0 radical (unpaired) electrons. The van der Waals surface area contributed by atoms with Gasteiger partial charge in [-0.1, -0.05) is 13.0 Å². The fourth-order valence-corrected chi connectivity index (χ4v) is 3.53. The first-order chi connectivity index (χ1) is 10.0. The Kier molecular flexibility index (Phi) is 4.93. The lowest BCUT2D eigenvalue weighted by atomic mass is 10.2. The Labute approximate surface area is 124 Å². The standard InChI is InChI=1S/C15H18N2O3S/c1-2-17(11-8-13-6-9-16-10-7-13)21(19,20)15-5-3-4-14(18)12-15/h3-7,9-10,12,18H,2,8,11H2,1H3. The van der Waals surface area contributed by atoms with E-state index in [2.05, 4.69) is 4.98 Å². The summed E-state index contributed by atoms with van der Waals surface area (Å²) in [6.07, 6.45) is 4.00. The Morgan fingerprint density at radius 2 is 1.90 bits per heavy atom. The van der Waals surface area contributed by atoms with Gasteiger partial charge in [0.2, 0.25) is 10.0 Å². The monoisotopic (exact) mass is 306 g/mol. The van der Waals surface area contributed by atoms with Crippen molar-refractivity contribution in [3.63, 3.8) is 0 Å². The van der Waals surface area contributed by atoms with Crippen molar-refractivity contribution >= 4 is 10.0 Å². The highest BCUT2D eigenvalue weighted by molar-refractivity contribution is 7.89. The minimum Gasteiger partial charge on any atom is -0.508 e. The first-order valence-corrected chi connectivity index (χ1v) is 8.16. The molecule has 0 aliphatic rings. The van der Waals surface area contributed by atoms with Gasteiger partial charge in [0.05, 0.1) is 4.90 Å². The highest BCUT2D eigenvalue weighted by Gasteiger charge is 2.22. The van der Waals surface area contributed by atoms with Crippen molar-refractivity contribution in [2.24, 2.45) is 0 Å². The number of benzene rings is 1. The van der Waals surface area contributed by atoms with E-state index in [0.717, 1.165) is 5.56 Å². The number of hydrogen-bond acceptors (Lipinski definition) is 4. The van der Waals surface area contributed by atoms with Gasteiger partial charge < -0.3 is 5.11 Å². The number of phenolic OH excluding ortho intramolecular Hbond substituents is 1. The lowest BCUT2D eigenvalue weighted by molar-refractivity contribution is 0.429. The van der Waals surface area contributed by atoms with Gasteiger partial charge in [-0.3, -0.25) is 4.98 Å². The van der Waals surface area contributed by atoms with Gasteiger partial charge in [0.1, 0.15) is 5.75 Å². The zero-order valence-electron chi connectivity index (χ0n) is 11.8. The second-order valence-corrected chi connectivity index (χ2v) is 6.54. The molecule has 21 heavy (non-hydrogen) atoms. The number of aromatic hydroxyl groups is 1. The molecule has 0 saturated carbocycles. The van der Waals surface area contributed by atoms with Gasteiger partial charge in [0.25, 0.3) is 0 Å². The largest absolute Gasteiger partial charge is 0.508 e. The maximum atomic E-state index is 12.5. The van der Waals surface area contributed by atoms with Gasteiger partial charge in [-0.05, 0) is 42.3 Å². The molecule has 2 aromatic rings. The summed E-state index contributed by atoms with van der Waals surface area (Å²) >= 11 is 0. The highest BCUT2D eigenvalue weighted by Crippen LogP contribution is 2.20. The fraction of sp³-hybridized carbons (Fsp3) is 0.267. The molecule has 0 amide bonds. The summed E-state index contributed by atoms with van der Waals surface area (Å²) < 4.78 is 26.5. The molecule has 0 atom stereocenters. The van der Waals surface area contributed by atoms with Crippen LogP contribution in [0.5, 0.6) is 5.75 Å². The van der Waals surface area contributed by atoms with Crippen LogP contribution in [0, 0.1) is 0 Å². The van der Waals surface area contributed by atoms with Crippen LogP contribution in [-0.2, 0) is 16.4 Å². The van der Waals surface area contributed by atoms with Crippen LogP contribution in [0.25, 0.3) is 0 Å². The van der Waals surface area contributed by atoms with Gasteiger partial charge in [-0.25, -0.2) is 8.42 Å². The average molecular weight is 306 g/mol. The molecule has 0 saturated heterocycles. The lowest BCUT2D eigenvalue weighted by Crippen LogP contribution is -2.32. The fourth-order valence-electron chi connectivity index (χ4n) is 2.04. The molecule has 1 aromatic carbocycles. The van der Waals surface area contributed by atoms with E-state index in [0.29, 0.717) is 19.5 Å². The summed E-state index contributed by atoms with van der Waals surface area (Å²) in [5.41, 5.74) is 1.04. The van der Waals surface area contributed by atoms with E-state index >= 15 is 0 Å². The SMILES string of the molecule is CCN(CCc1ccncc1)S(=O)(=O)c1cccc(O)c1. The molecule has 0 spiro atoms. The molecule has 5 nitrogen and oxygen atoms in total. The number of likely N-dealkylation sites (N-methyl/N-ethyl adjacent to an activating group) is 1. The van der Waals surface area contributed by atoms with Crippen molar-refractivity contribution < 1.29 is 13.5 Å². The Morgan fingerprint density at radius 3 is 2.52 bits per heavy atom. The van der Waals surface area contributed by atoms with Crippen molar-refractivity contribution in [1.82, 2.24) is 9.29 Å². The maximum Gasteiger partial charge on any atom is 0.243 e. The van der Waals surface area contributed by atoms with Crippen LogP contribution in [0.15, 0.2) is 53.7 Å². The molecule has 0 aliphatic heterocycles. The van der Waals surface area contributed by atoms with Gasteiger partial charge in [-0.2, -0.15) is 4.31 Å². The van der Waals surface area contributed by atoms with E-state index in [1.165, 1.54) is 28.6 Å². The Bertz CT molecular complexity index is 687. The summed E-state index contributed by atoms with van der Waals surface area (Å²) in [6.45, 7) is 2.56. The number of rotatable bonds is 6. The molecule has 0 bridgehead atoms. The van der Waals surface area contributed by atoms with Crippen LogP contribution in [0.1, 0.15) is 12.5 Å². The zero-order chi connectivity index (χ0) is 15.3. The number of phenols is 1. The Morgan fingerprint density at radius 1 is 1.19 bits per heavy atom. The normalized spacial score (nSPS) is 11.7. The smallest absolute Gasteiger partial charge is 0.243 e. The van der Waals surface area contributed by atoms with E-state index in [1.54, 1.807) is 19.3 Å². The van der Waals surface area contributed by atoms with Crippen LogP contribution in [0.4, 0.5) is 0 Å². The van der Waals surface area contributed by atoms with Gasteiger partial charge in [0, 0.05) is 25.5 Å². The van der Waals surface area contributed by atoms with Gasteiger partial charge in [-0.15, -0.1) is 0 Å². The summed E-state index contributed by atoms with van der Waals surface area (Å²) in [4.78, 5) is 4.05. The predicted molar refractivity (Wildman–Crippen MR) is 80.5 cm³/mol. The highest BCUT2D eigenvalue weighted by atomic mass is 32.2. The molecule has 1 aromatic heterocycles. The molecule has 0 unspecified atom stereocenters. The number of hydrogen-bond donors (Lipinski definition) is 1. The Balaban J connectivity index is 2.16. The van der Waals surface area contributed by atoms with Gasteiger partial charge in [0.15, 0.2) is 0 Å². The molecule has 0 aliphatic carbocycles. The van der Waals surface area contributed by atoms with Crippen LogP contribution in [0.3, 0.4) is 0 Å². The third kappa shape index (κ3) is 3.80. The first kappa shape index (κ1) is 15.5. The molecule has 6 heteroatoms. The van der Waals surface area contributed by atoms with Crippen molar-refractivity contribution in [2.45, 2.75) is 18.2 Å². The second kappa shape index (κ2) is 6.69. The van der Waals surface area contributed by atoms with E-state index in [-0.39, 0.29) is 10.6 Å². The number of pyridine rings is 1. The molecule has 0 fully saturated rings. The lowest BCUT2D eigenvalue weighted by Gasteiger charge is -2.20. The molecule has 2 rings (SSSR count). The number of sulfonamides is 1. The zero-order valence-corrected chi connectivity index (χ0v) is 12.6. The Hall–Kier alpha value is -1.92. The molecular formula is C15H18N2O3S. The van der Waals surface area contributed by atoms with Gasteiger partial charge >= 0.3 is 0 Å².